The van der Waals surface area contributed by atoms with E-state index in [9.17, 15) is 24.0 Å². The first-order valence-corrected chi connectivity index (χ1v) is 16.6. The van der Waals surface area contributed by atoms with Crippen molar-refractivity contribution in [1.82, 2.24) is 34.4 Å². The molecule has 2 unspecified atom stereocenters. The van der Waals surface area contributed by atoms with Crippen molar-refractivity contribution in [1.29, 1.82) is 0 Å². The number of benzene rings is 2. The maximum Gasteiger partial charge on any atom is 0.255 e. The molecule has 13 nitrogen and oxygen atoms in total. The van der Waals surface area contributed by atoms with Crippen LogP contribution in [0.2, 0.25) is 0 Å². The molecule has 2 atom stereocenters. The molecule has 14 heteroatoms. The van der Waals surface area contributed by atoms with Crippen molar-refractivity contribution in [2.75, 3.05) is 20.1 Å². The van der Waals surface area contributed by atoms with E-state index in [2.05, 4.69) is 10.1 Å². The molecule has 4 heterocycles. The van der Waals surface area contributed by atoms with E-state index in [0.29, 0.717) is 37.9 Å². The van der Waals surface area contributed by atoms with Crippen LogP contribution in [0.4, 0.5) is 0 Å². The van der Waals surface area contributed by atoms with E-state index in [1.807, 2.05) is 47.9 Å². The second-order valence-corrected chi connectivity index (χ2v) is 12.9. The van der Waals surface area contributed by atoms with E-state index >= 15 is 0 Å². The Bertz CT molecular complexity index is 1930. The monoisotopic (exact) mass is 662 g/mol. The number of hydrogen-bond donors (Lipinski definition) is 1. The van der Waals surface area contributed by atoms with Gasteiger partial charge in [0, 0.05) is 69.8 Å². The number of amides is 4. The number of aromatic nitrogens is 4. The van der Waals surface area contributed by atoms with Gasteiger partial charge in [0.05, 0.1) is 35.2 Å². The molecule has 2 aromatic heterocycles. The summed E-state index contributed by atoms with van der Waals surface area (Å²) in [5, 5.41) is 4.57. The first-order valence-electron chi connectivity index (χ1n) is 16.6. The quantitative estimate of drug-likeness (QED) is 0.165. The third-order valence-electron chi connectivity index (χ3n) is 9.45. The maximum absolute atomic E-state index is 13.0. The summed E-state index contributed by atoms with van der Waals surface area (Å²) >= 11 is 0. The van der Waals surface area contributed by atoms with Crippen LogP contribution in [0.3, 0.4) is 0 Å². The molecule has 4 aromatic rings. The molecule has 0 saturated carbocycles. The minimum atomic E-state index is -0.855. The lowest BCUT2D eigenvalue weighted by molar-refractivity contribution is -0.132. The summed E-state index contributed by atoms with van der Waals surface area (Å²) in [6.07, 6.45) is 8.28. The number of carbonyl (C=O) groups is 5. The molecule has 0 aliphatic carbocycles. The summed E-state index contributed by atoms with van der Waals surface area (Å²) in [6, 6.07) is 10.5. The van der Waals surface area contributed by atoms with Crippen LogP contribution in [0, 0.1) is 0 Å². The zero-order chi connectivity index (χ0) is 34.7. The van der Waals surface area contributed by atoms with Gasteiger partial charge in [-0.2, -0.15) is 5.10 Å². The lowest BCUT2D eigenvalue weighted by Crippen LogP contribution is -2.44. The average Bonchev–Trinajstić information content (AvgIpc) is 3.84. The van der Waals surface area contributed by atoms with Crippen LogP contribution < -0.4 is 11.2 Å². The van der Waals surface area contributed by atoms with E-state index < -0.39 is 11.9 Å². The van der Waals surface area contributed by atoms with Crippen LogP contribution in [0.5, 0.6) is 0 Å². The number of nitrogens with zero attached hydrogens (tertiary/aromatic N) is 7. The fourth-order valence-corrected chi connectivity index (χ4v) is 6.69. The van der Waals surface area contributed by atoms with Crippen molar-refractivity contribution in [3.63, 3.8) is 0 Å². The smallest absolute Gasteiger partial charge is 0.255 e. The fraction of sp³-hybridized carbons (Fsp3) is 0.371. The maximum atomic E-state index is 13.0. The minimum Gasteiger partial charge on any atom is -0.368 e. The van der Waals surface area contributed by atoms with Crippen LogP contribution in [-0.4, -0.2) is 98.4 Å². The van der Waals surface area contributed by atoms with Gasteiger partial charge in [-0.1, -0.05) is 29.7 Å². The molecule has 0 spiro atoms. The highest BCUT2D eigenvalue weighted by molar-refractivity contribution is 6.38. The molecule has 2 aliphatic rings. The molecule has 49 heavy (non-hydrogen) atoms. The summed E-state index contributed by atoms with van der Waals surface area (Å²) in [6.45, 7) is 1.75. The number of likely N-dealkylation sites (tertiary alicyclic amines) is 1. The highest BCUT2D eigenvalue weighted by Gasteiger charge is 2.35. The number of aldehydes is 1. The van der Waals surface area contributed by atoms with Crippen molar-refractivity contribution in [2.24, 2.45) is 5.73 Å². The molecule has 252 valence electrons. The summed E-state index contributed by atoms with van der Waals surface area (Å²) < 4.78 is 1.90. The first-order chi connectivity index (χ1) is 23.6. The Morgan fingerprint density at radius 2 is 2.00 bits per heavy atom. The molecule has 0 radical (unpaired) electrons. The molecule has 6 rings (SSSR count). The standard InChI is InChI=1S/C35H39BN8O5/c1-41(18-22-10-11-26-23(15-22)19-43(35(26)49)30(34(37)48)7-4-14-45)31(46)8-3-9-32(47)42-13-12-25(21-42)44-20-24(16-39-44)29-17-38-28-6-2-5-27(36)33(28)40-29/h2,5-6,10-11,14-17,20,25,30H,3-4,7-9,12-13,18-19,21,36H2,1H3,(H2,37,48). The second-order valence-electron chi connectivity index (χ2n) is 12.9. The normalized spacial score (nSPS) is 16.2. The number of para-hydroxylation sites is 1. The zero-order valence-electron chi connectivity index (χ0n) is 27.7. The molecular formula is C35H39BN8O5. The van der Waals surface area contributed by atoms with Crippen molar-refractivity contribution < 1.29 is 24.0 Å². The summed E-state index contributed by atoms with van der Waals surface area (Å²) in [4.78, 5) is 75.9. The van der Waals surface area contributed by atoms with E-state index in [-0.39, 0.29) is 56.0 Å². The molecule has 2 aromatic carbocycles. The molecule has 1 fully saturated rings. The number of carbonyl (C=O) groups excluding carboxylic acids is 5. The lowest BCUT2D eigenvalue weighted by Gasteiger charge is -2.24. The number of primary amides is 1. The van der Waals surface area contributed by atoms with Gasteiger partial charge in [-0.25, -0.2) is 4.98 Å². The van der Waals surface area contributed by atoms with Crippen molar-refractivity contribution >= 4 is 54.3 Å². The van der Waals surface area contributed by atoms with Crippen LogP contribution in [0.1, 0.15) is 66.1 Å². The number of fused-ring (bicyclic) bond motifs is 2. The van der Waals surface area contributed by atoms with Crippen molar-refractivity contribution in [2.45, 2.75) is 63.7 Å². The van der Waals surface area contributed by atoms with Gasteiger partial charge in [0.15, 0.2) is 0 Å². The van der Waals surface area contributed by atoms with E-state index in [1.165, 1.54) is 4.90 Å². The van der Waals surface area contributed by atoms with Gasteiger partial charge in [-0.3, -0.25) is 28.8 Å². The second kappa shape index (κ2) is 14.4. The van der Waals surface area contributed by atoms with Gasteiger partial charge < -0.3 is 25.2 Å². The van der Waals surface area contributed by atoms with Crippen molar-refractivity contribution in [3.8, 4) is 11.3 Å². The van der Waals surface area contributed by atoms with Gasteiger partial charge in [0.1, 0.15) is 20.2 Å². The number of nitrogens with two attached hydrogens (primary N) is 1. The number of hydrogen-bond acceptors (Lipinski definition) is 8. The Morgan fingerprint density at radius 1 is 1.16 bits per heavy atom. The van der Waals surface area contributed by atoms with E-state index in [0.717, 1.165) is 45.3 Å². The van der Waals surface area contributed by atoms with Crippen LogP contribution >= 0.6 is 0 Å². The van der Waals surface area contributed by atoms with E-state index in [1.54, 1.807) is 36.5 Å². The average molecular weight is 663 g/mol. The Kier molecular flexibility index (Phi) is 9.83. The highest BCUT2D eigenvalue weighted by Crippen LogP contribution is 2.28. The largest absolute Gasteiger partial charge is 0.368 e. The fourth-order valence-electron chi connectivity index (χ4n) is 6.69. The predicted octanol–water partition coefficient (Wildman–Crippen LogP) is 1.14. The minimum absolute atomic E-state index is 0.0245. The Morgan fingerprint density at radius 3 is 2.80 bits per heavy atom. The number of rotatable bonds is 13. The first kappa shape index (κ1) is 33.5. The summed E-state index contributed by atoms with van der Waals surface area (Å²) in [7, 11) is 3.73. The van der Waals surface area contributed by atoms with Gasteiger partial charge >= 0.3 is 0 Å². The third kappa shape index (κ3) is 7.22. The molecule has 2 N–H and O–H groups in total. The Labute approximate surface area is 284 Å². The van der Waals surface area contributed by atoms with Crippen LogP contribution in [0.25, 0.3) is 22.3 Å². The van der Waals surface area contributed by atoms with Crippen LogP contribution in [0.15, 0.2) is 55.0 Å². The van der Waals surface area contributed by atoms with Gasteiger partial charge in [0.25, 0.3) is 5.91 Å². The molecule has 0 bridgehead atoms. The SMILES string of the molecule is Bc1cccc2ncc(-c3cnn(C4CCN(C(=O)CCCC(=O)N(C)Cc5ccc6c(c5)CN(C(CCC=O)C(N)=O)C6=O)C4)c3)nc12. The molecule has 2 aliphatic heterocycles. The lowest BCUT2D eigenvalue weighted by atomic mass is 9.94. The van der Waals surface area contributed by atoms with Gasteiger partial charge in [0.2, 0.25) is 17.7 Å². The molecular weight excluding hydrogens is 623 g/mol. The van der Waals surface area contributed by atoms with Crippen LogP contribution in [-0.2, 0) is 32.3 Å². The molecule has 1 saturated heterocycles. The van der Waals surface area contributed by atoms with Crippen molar-refractivity contribution in [3.05, 3.63) is 71.7 Å². The predicted molar refractivity (Wildman–Crippen MR) is 184 cm³/mol. The third-order valence-corrected chi connectivity index (χ3v) is 9.45. The molecule has 4 amide bonds. The Balaban J connectivity index is 0.966. The highest BCUT2D eigenvalue weighted by atomic mass is 16.2. The van der Waals surface area contributed by atoms with Gasteiger partial charge in [-0.05, 0) is 42.5 Å². The van der Waals surface area contributed by atoms with Gasteiger partial charge in [-0.15, -0.1) is 0 Å². The summed E-state index contributed by atoms with van der Waals surface area (Å²) in [5.74, 6) is -0.998. The summed E-state index contributed by atoms with van der Waals surface area (Å²) in [5.41, 5.74) is 12.0. The Hall–Kier alpha value is -5.40. The topological polar surface area (TPSA) is 165 Å². The van der Waals surface area contributed by atoms with E-state index in [4.69, 9.17) is 10.7 Å². The zero-order valence-corrected chi connectivity index (χ0v) is 27.7.